The molecule has 158 valence electrons. The molecule has 0 spiro atoms. The lowest BCUT2D eigenvalue weighted by Gasteiger charge is -2.19. The molecule has 30 heavy (non-hydrogen) atoms. The molecule has 2 amide bonds. The zero-order valence-electron chi connectivity index (χ0n) is 16.7. The summed E-state index contributed by atoms with van der Waals surface area (Å²) in [6, 6.07) is 14.8. The second-order valence-electron chi connectivity index (χ2n) is 6.84. The van der Waals surface area contributed by atoms with E-state index in [-0.39, 0.29) is 25.0 Å². The molecule has 0 radical (unpaired) electrons. The van der Waals surface area contributed by atoms with Gasteiger partial charge in [-0.3, -0.25) is 14.5 Å². The van der Waals surface area contributed by atoms with Crippen molar-refractivity contribution in [1.29, 1.82) is 0 Å². The van der Waals surface area contributed by atoms with Crippen molar-refractivity contribution < 1.29 is 24.3 Å². The Morgan fingerprint density at radius 3 is 2.47 bits per heavy atom. The van der Waals surface area contributed by atoms with E-state index in [0.717, 1.165) is 10.6 Å². The lowest BCUT2D eigenvalue weighted by atomic mass is 10.1. The number of rotatable bonds is 11. The summed E-state index contributed by atoms with van der Waals surface area (Å²) < 4.78 is 5.77. The quantitative estimate of drug-likeness (QED) is 0.242. The van der Waals surface area contributed by atoms with Crippen molar-refractivity contribution in [2.75, 3.05) is 38.3 Å². The van der Waals surface area contributed by atoms with Gasteiger partial charge in [-0.1, -0.05) is 18.2 Å². The number of imide groups is 1. The van der Waals surface area contributed by atoms with Crippen LogP contribution in [-0.2, 0) is 4.84 Å². The Balaban J connectivity index is 1.52. The number of hydrogen-bond acceptors (Lipinski definition) is 7. The summed E-state index contributed by atoms with van der Waals surface area (Å²) in [5.41, 5.74) is 1.74. The van der Waals surface area contributed by atoms with Crippen LogP contribution in [0.15, 0.2) is 48.5 Å². The Kier molecular flexibility index (Phi) is 6.84. The van der Waals surface area contributed by atoms with Gasteiger partial charge in [0.2, 0.25) is 0 Å². The molecule has 0 saturated heterocycles. The molecular formula is C21H23N3O6. The number of carbonyl (C=O) groups excluding carboxylic acids is 2. The second-order valence-corrected chi connectivity index (χ2v) is 6.84. The van der Waals surface area contributed by atoms with Crippen LogP contribution in [0.25, 0.3) is 0 Å². The van der Waals surface area contributed by atoms with E-state index < -0.39 is 5.09 Å². The van der Waals surface area contributed by atoms with E-state index in [1.807, 2.05) is 37.4 Å². The van der Waals surface area contributed by atoms with Gasteiger partial charge in [0.1, 0.15) is 12.4 Å². The third-order valence-electron chi connectivity index (χ3n) is 4.81. The van der Waals surface area contributed by atoms with Gasteiger partial charge < -0.3 is 14.5 Å². The van der Waals surface area contributed by atoms with Crippen LogP contribution in [0.5, 0.6) is 5.75 Å². The van der Waals surface area contributed by atoms with Gasteiger partial charge in [0.05, 0.1) is 24.3 Å². The monoisotopic (exact) mass is 413 g/mol. The topological polar surface area (TPSA) is 102 Å². The first kappa shape index (κ1) is 21.1. The maximum Gasteiger partial charge on any atom is 0.294 e. The molecule has 9 heteroatoms. The van der Waals surface area contributed by atoms with Crippen LogP contribution in [0, 0.1) is 10.1 Å². The number of amides is 2. The third kappa shape index (κ3) is 5.05. The highest BCUT2D eigenvalue weighted by atomic mass is 16.9. The number of likely N-dealkylation sites (N-methyl/N-ethyl adjacent to an activating group) is 1. The average Bonchev–Trinajstić information content (AvgIpc) is 2.98. The zero-order chi connectivity index (χ0) is 21.5. The van der Waals surface area contributed by atoms with Crippen LogP contribution in [0.2, 0.25) is 0 Å². The minimum absolute atomic E-state index is 0.0639. The highest BCUT2D eigenvalue weighted by Gasteiger charge is 2.35. The van der Waals surface area contributed by atoms with Crippen molar-refractivity contribution >= 4 is 17.5 Å². The first-order valence-corrected chi connectivity index (χ1v) is 9.64. The van der Waals surface area contributed by atoms with E-state index in [2.05, 4.69) is 9.74 Å². The van der Waals surface area contributed by atoms with Crippen LogP contribution in [0.1, 0.15) is 33.6 Å². The number of ether oxygens (including phenoxy) is 1. The van der Waals surface area contributed by atoms with Gasteiger partial charge >= 0.3 is 0 Å². The van der Waals surface area contributed by atoms with Crippen molar-refractivity contribution in [2.24, 2.45) is 0 Å². The summed E-state index contributed by atoms with van der Waals surface area (Å²) in [7, 11) is 1.97. The third-order valence-corrected chi connectivity index (χ3v) is 4.81. The predicted octanol–water partition coefficient (Wildman–Crippen LogP) is 2.79. The van der Waals surface area contributed by atoms with Crippen molar-refractivity contribution in [3.8, 4) is 5.75 Å². The molecule has 0 unspecified atom stereocenters. The summed E-state index contributed by atoms with van der Waals surface area (Å²) in [6.45, 7) is 1.20. The number of unbranched alkanes of at least 4 members (excludes halogenated alkanes) is 1. The predicted molar refractivity (Wildman–Crippen MR) is 109 cm³/mol. The second kappa shape index (κ2) is 9.73. The normalized spacial score (nSPS) is 12.6. The molecular weight excluding hydrogens is 390 g/mol. The molecule has 9 nitrogen and oxygen atoms in total. The maximum atomic E-state index is 12.6. The van der Waals surface area contributed by atoms with Gasteiger partial charge in [0.15, 0.2) is 0 Å². The molecule has 1 aliphatic rings. The molecule has 0 atom stereocenters. The molecule has 2 aromatic carbocycles. The molecule has 1 heterocycles. The molecule has 0 N–H and O–H groups in total. The largest absolute Gasteiger partial charge is 0.492 e. The number of anilines is 1. The number of fused-ring (bicyclic) bond motifs is 1. The van der Waals surface area contributed by atoms with Crippen LogP contribution in [0.4, 0.5) is 5.69 Å². The van der Waals surface area contributed by atoms with Crippen LogP contribution >= 0.6 is 0 Å². The Labute approximate surface area is 173 Å². The van der Waals surface area contributed by atoms with E-state index in [0.29, 0.717) is 42.9 Å². The molecule has 2 aromatic rings. The van der Waals surface area contributed by atoms with E-state index in [1.54, 1.807) is 18.2 Å². The molecule has 0 saturated carbocycles. The summed E-state index contributed by atoms with van der Waals surface area (Å²) in [5.74, 6) is -0.213. The van der Waals surface area contributed by atoms with Crippen molar-refractivity contribution in [3.05, 3.63) is 69.8 Å². The molecule has 0 bridgehead atoms. The summed E-state index contributed by atoms with van der Waals surface area (Å²) in [4.78, 5) is 42.7. The number of hydrogen-bond donors (Lipinski definition) is 0. The minimum atomic E-state index is -0.860. The molecule has 1 aliphatic heterocycles. The molecule has 0 fully saturated rings. The summed E-state index contributed by atoms with van der Waals surface area (Å²) in [6.07, 6.45) is 0.798. The van der Waals surface area contributed by atoms with E-state index >= 15 is 0 Å². The standard InChI is InChI=1S/C21H23N3O6/c1-22(16-7-3-2-4-8-16)12-14-29-17-9-10-18-19(15-17)21(26)23(20(18)25)11-5-6-13-30-24(27)28/h2-4,7-10,15H,5-6,11-14H2,1H3. The van der Waals surface area contributed by atoms with Gasteiger partial charge in [-0.05, 0) is 43.2 Å². The van der Waals surface area contributed by atoms with Crippen LogP contribution < -0.4 is 9.64 Å². The first-order valence-electron chi connectivity index (χ1n) is 9.64. The highest BCUT2D eigenvalue weighted by Crippen LogP contribution is 2.27. The fourth-order valence-corrected chi connectivity index (χ4v) is 3.19. The Morgan fingerprint density at radius 2 is 1.73 bits per heavy atom. The molecule has 3 rings (SSSR count). The fourth-order valence-electron chi connectivity index (χ4n) is 3.19. The maximum absolute atomic E-state index is 12.6. The van der Waals surface area contributed by atoms with E-state index in [4.69, 9.17) is 4.74 Å². The number of benzene rings is 2. The zero-order valence-corrected chi connectivity index (χ0v) is 16.7. The highest BCUT2D eigenvalue weighted by molar-refractivity contribution is 6.21. The first-order chi connectivity index (χ1) is 14.5. The molecule has 0 aliphatic carbocycles. The number of para-hydroxylation sites is 1. The van der Waals surface area contributed by atoms with E-state index in [9.17, 15) is 19.7 Å². The van der Waals surface area contributed by atoms with Crippen molar-refractivity contribution in [2.45, 2.75) is 12.8 Å². The summed E-state index contributed by atoms with van der Waals surface area (Å²) >= 11 is 0. The Hall–Kier alpha value is -3.62. The summed E-state index contributed by atoms with van der Waals surface area (Å²) in [5, 5.41) is 9.28. The molecule has 0 aromatic heterocycles. The lowest BCUT2D eigenvalue weighted by molar-refractivity contribution is -0.757. The van der Waals surface area contributed by atoms with E-state index in [1.165, 1.54) is 0 Å². The van der Waals surface area contributed by atoms with Crippen LogP contribution in [0.3, 0.4) is 0 Å². The fraction of sp³-hybridized carbons (Fsp3) is 0.333. The smallest absolute Gasteiger partial charge is 0.294 e. The van der Waals surface area contributed by atoms with Crippen molar-refractivity contribution in [3.63, 3.8) is 0 Å². The Morgan fingerprint density at radius 1 is 1.00 bits per heavy atom. The SMILES string of the molecule is CN(CCOc1ccc2c(c1)C(=O)N(CCCCO[N+](=O)[O-])C2=O)c1ccccc1. The van der Waals surface area contributed by atoms with Gasteiger partial charge in [0.25, 0.3) is 16.9 Å². The Bertz CT molecular complexity index is 918. The van der Waals surface area contributed by atoms with Crippen molar-refractivity contribution in [1.82, 2.24) is 4.90 Å². The number of carbonyl (C=O) groups is 2. The van der Waals surface area contributed by atoms with Gasteiger partial charge in [-0.2, -0.15) is 0 Å². The van der Waals surface area contributed by atoms with Gasteiger partial charge in [0, 0.05) is 19.3 Å². The number of nitrogens with zero attached hydrogens (tertiary/aromatic N) is 3. The van der Waals surface area contributed by atoms with Gasteiger partial charge in [-0.25, -0.2) is 0 Å². The minimum Gasteiger partial charge on any atom is -0.492 e. The van der Waals surface area contributed by atoms with Gasteiger partial charge in [-0.15, -0.1) is 10.1 Å². The average molecular weight is 413 g/mol. The lowest BCUT2D eigenvalue weighted by Crippen LogP contribution is -2.30. The van der Waals surface area contributed by atoms with Crippen LogP contribution in [-0.4, -0.2) is 55.2 Å².